The zero-order valence-electron chi connectivity index (χ0n) is 11.3. The van der Waals surface area contributed by atoms with Crippen LogP contribution in [-0.2, 0) is 10.0 Å². The molecular formula is C15H10F3NO2S. The van der Waals surface area contributed by atoms with Crippen LogP contribution in [0.4, 0.5) is 13.2 Å². The summed E-state index contributed by atoms with van der Waals surface area (Å²) in [6.45, 7) is 1.78. The summed E-state index contributed by atoms with van der Waals surface area (Å²) in [7, 11) is -4.15. The fourth-order valence-electron chi connectivity index (χ4n) is 2.21. The number of hydrogen-bond donors (Lipinski definition) is 0. The highest BCUT2D eigenvalue weighted by atomic mass is 32.2. The lowest BCUT2D eigenvalue weighted by molar-refractivity contribution is 0.503. The van der Waals surface area contributed by atoms with Crippen LogP contribution in [0.15, 0.2) is 47.5 Å². The van der Waals surface area contributed by atoms with Gasteiger partial charge >= 0.3 is 0 Å². The molecule has 2 aromatic carbocycles. The molecule has 7 heteroatoms. The van der Waals surface area contributed by atoms with Crippen molar-refractivity contribution in [1.29, 1.82) is 0 Å². The van der Waals surface area contributed by atoms with Crippen molar-refractivity contribution in [3.63, 3.8) is 0 Å². The Morgan fingerprint density at radius 2 is 1.59 bits per heavy atom. The molecule has 0 saturated heterocycles. The molecule has 0 bridgehead atoms. The first-order valence-corrected chi connectivity index (χ1v) is 7.73. The van der Waals surface area contributed by atoms with Gasteiger partial charge in [0.25, 0.3) is 10.0 Å². The second-order valence-corrected chi connectivity index (χ2v) is 6.66. The molecule has 114 valence electrons. The van der Waals surface area contributed by atoms with Crippen LogP contribution in [-0.4, -0.2) is 12.4 Å². The molecule has 0 fully saturated rings. The lowest BCUT2D eigenvalue weighted by atomic mass is 10.2. The highest BCUT2D eigenvalue weighted by Gasteiger charge is 2.24. The third-order valence-electron chi connectivity index (χ3n) is 3.36. The molecule has 0 aliphatic carbocycles. The van der Waals surface area contributed by atoms with Crippen molar-refractivity contribution in [1.82, 2.24) is 3.97 Å². The summed E-state index contributed by atoms with van der Waals surface area (Å²) in [4.78, 5) is -0.0975. The lowest BCUT2D eigenvalue weighted by Crippen LogP contribution is -2.13. The fraction of sp³-hybridized carbons (Fsp3) is 0.0667. The zero-order chi connectivity index (χ0) is 16.1. The minimum atomic E-state index is -4.15. The summed E-state index contributed by atoms with van der Waals surface area (Å²) < 4.78 is 66.7. The van der Waals surface area contributed by atoms with Crippen LogP contribution in [0.3, 0.4) is 0 Å². The Hall–Kier alpha value is -2.28. The van der Waals surface area contributed by atoms with Gasteiger partial charge in [-0.1, -0.05) is 17.7 Å². The van der Waals surface area contributed by atoms with E-state index >= 15 is 0 Å². The summed E-state index contributed by atoms with van der Waals surface area (Å²) in [5.74, 6) is -3.87. The Bertz CT molecular complexity index is 976. The number of rotatable bonds is 2. The predicted molar refractivity (Wildman–Crippen MR) is 75.6 cm³/mol. The standard InChI is InChI=1S/C15H10F3NO2S/c1-9-2-4-10(5-3-9)22(20,21)19-7-6-11-12(16)8-13(17)14(18)15(11)19/h2-8H,1H3. The van der Waals surface area contributed by atoms with Gasteiger partial charge in [0, 0.05) is 17.6 Å². The molecule has 0 spiro atoms. The van der Waals surface area contributed by atoms with Crippen LogP contribution >= 0.6 is 0 Å². The maximum Gasteiger partial charge on any atom is 0.268 e. The van der Waals surface area contributed by atoms with Crippen molar-refractivity contribution in [2.75, 3.05) is 0 Å². The number of fused-ring (bicyclic) bond motifs is 1. The summed E-state index contributed by atoms with van der Waals surface area (Å²) in [5.41, 5.74) is 0.206. The fourth-order valence-corrected chi connectivity index (χ4v) is 3.56. The van der Waals surface area contributed by atoms with Crippen molar-refractivity contribution in [3.05, 3.63) is 65.6 Å². The maximum absolute atomic E-state index is 14.0. The number of hydrogen-bond acceptors (Lipinski definition) is 2. The Morgan fingerprint density at radius 1 is 0.955 bits per heavy atom. The predicted octanol–water partition coefficient (Wildman–Crippen LogP) is 3.60. The van der Waals surface area contributed by atoms with E-state index in [4.69, 9.17) is 0 Å². The maximum atomic E-state index is 14.0. The van der Waals surface area contributed by atoms with E-state index in [1.54, 1.807) is 19.1 Å². The number of halogens is 3. The van der Waals surface area contributed by atoms with E-state index < -0.39 is 33.0 Å². The average Bonchev–Trinajstić information content (AvgIpc) is 2.91. The SMILES string of the molecule is Cc1ccc(S(=O)(=O)n2ccc3c(F)cc(F)c(F)c32)cc1. The first-order chi connectivity index (χ1) is 10.3. The summed E-state index contributed by atoms with van der Waals surface area (Å²) in [6, 6.07) is 7.35. The molecule has 1 aromatic heterocycles. The minimum absolute atomic E-state index is 0.0975. The summed E-state index contributed by atoms with van der Waals surface area (Å²) in [5, 5.41) is -0.297. The first kappa shape index (κ1) is 14.6. The highest BCUT2D eigenvalue weighted by molar-refractivity contribution is 7.90. The monoisotopic (exact) mass is 325 g/mol. The Morgan fingerprint density at radius 3 is 2.23 bits per heavy atom. The van der Waals surface area contributed by atoms with Gasteiger partial charge < -0.3 is 0 Å². The van der Waals surface area contributed by atoms with Gasteiger partial charge in [0.05, 0.1) is 4.90 Å². The van der Waals surface area contributed by atoms with Crippen molar-refractivity contribution >= 4 is 20.9 Å². The van der Waals surface area contributed by atoms with Gasteiger partial charge in [-0.15, -0.1) is 0 Å². The van der Waals surface area contributed by atoms with Gasteiger partial charge in [-0.05, 0) is 25.1 Å². The van der Waals surface area contributed by atoms with Gasteiger partial charge in [0.15, 0.2) is 11.6 Å². The Balaban J connectivity index is 2.33. The average molecular weight is 325 g/mol. The van der Waals surface area contributed by atoms with E-state index in [0.717, 1.165) is 17.8 Å². The van der Waals surface area contributed by atoms with Crippen LogP contribution in [0.5, 0.6) is 0 Å². The largest absolute Gasteiger partial charge is 0.268 e. The number of nitrogens with zero attached hydrogens (tertiary/aromatic N) is 1. The van der Waals surface area contributed by atoms with E-state index in [-0.39, 0.29) is 10.3 Å². The van der Waals surface area contributed by atoms with Gasteiger partial charge in [0.2, 0.25) is 0 Å². The highest BCUT2D eigenvalue weighted by Crippen LogP contribution is 2.28. The molecule has 0 unspecified atom stereocenters. The molecule has 0 saturated carbocycles. The van der Waals surface area contributed by atoms with Crippen LogP contribution in [0, 0.1) is 24.4 Å². The second kappa shape index (κ2) is 4.88. The molecule has 0 amide bonds. The quantitative estimate of drug-likeness (QED) is 0.675. The molecule has 0 aliphatic heterocycles. The molecule has 0 aliphatic rings. The van der Waals surface area contributed by atoms with E-state index in [9.17, 15) is 21.6 Å². The summed E-state index contributed by atoms with van der Waals surface area (Å²) >= 11 is 0. The van der Waals surface area contributed by atoms with Crippen LogP contribution in [0.1, 0.15) is 5.56 Å². The summed E-state index contributed by atoms with van der Waals surface area (Å²) in [6.07, 6.45) is 1.01. The zero-order valence-corrected chi connectivity index (χ0v) is 12.2. The number of aryl methyl sites for hydroxylation is 1. The van der Waals surface area contributed by atoms with Crippen LogP contribution in [0.25, 0.3) is 10.9 Å². The smallest absolute Gasteiger partial charge is 0.238 e. The molecule has 3 aromatic rings. The van der Waals surface area contributed by atoms with E-state index in [1.807, 2.05) is 0 Å². The first-order valence-electron chi connectivity index (χ1n) is 6.29. The third kappa shape index (κ3) is 2.09. The molecule has 3 rings (SSSR count). The normalized spacial score (nSPS) is 12.0. The van der Waals surface area contributed by atoms with Gasteiger partial charge in [-0.25, -0.2) is 25.6 Å². The van der Waals surface area contributed by atoms with Crippen molar-refractivity contribution in [2.24, 2.45) is 0 Å². The van der Waals surface area contributed by atoms with Crippen molar-refractivity contribution in [3.8, 4) is 0 Å². The van der Waals surface area contributed by atoms with Gasteiger partial charge in [0.1, 0.15) is 11.3 Å². The molecule has 0 atom stereocenters. The molecule has 1 heterocycles. The molecule has 3 nitrogen and oxygen atoms in total. The molecule has 0 radical (unpaired) electrons. The second-order valence-electron chi connectivity index (χ2n) is 4.85. The van der Waals surface area contributed by atoms with Crippen LogP contribution < -0.4 is 0 Å². The molecule has 0 N–H and O–H groups in total. The van der Waals surface area contributed by atoms with E-state index in [0.29, 0.717) is 10.0 Å². The minimum Gasteiger partial charge on any atom is -0.238 e. The van der Waals surface area contributed by atoms with Crippen molar-refractivity contribution < 1.29 is 21.6 Å². The topological polar surface area (TPSA) is 39.1 Å². The van der Waals surface area contributed by atoms with Gasteiger partial charge in [-0.3, -0.25) is 0 Å². The Labute approximate surface area is 124 Å². The van der Waals surface area contributed by atoms with E-state index in [2.05, 4.69) is 0 Å². The number of benzene rings is 2. The van der Waals surface area contributed by atoms with Crippen molar-refractivity contribution in [2.45, 2.75) is 11.8 Å². The third-order valence-corrected chi connectivity index (χ3v) is 5.05. The molecule has 22 heavy (non-hydrogen) atoms. The van der Waals surface area contributed by atoms with Crippen LogP contribution in [0.2, 0.25) is 0 Å². The van der Waals surface area contributed by atoms with Gasteiger partial charge in [-0.2, -0.15) is 0 Å². The Kier molecular flexibility index (Phi) is 3.25. The van der Waals surface area contributed by atoms with E-state index in [1.165, 1.54) is 12.1 Å². The lowest BCUT2D eigenvalue weighted by Gasteiger charge is -2.09. The molecular weight excluding hydrogens is 315 g/mol. The number of aromatic nitrogens is 1.